The van der Waals surface area contributed by atoms with Crippen molar-refractivity contribution in [1.29, 1.82) is 0 Å². The molecular weight excluding hydrogens is 350 g/mol. The normalized spacial score (nSPS) is 15.5. The first-order chi connectivity index (χ1) is 13.5. The Labute approximate surface area is 165 Å². The molecule has 1 saturated heterocycles. The van der Waals surface area contributed by atoms with Crippen molar-refractivity contribution in [3.8, 4) is 11.1 Å². The van der Waals surface area contributed by atoms with Gasteiger partial charge in [0.1, 0.15) is 5.82 Å². The summed E-state index contributed by atoms with van der Waals surface area (Å²) in [4.78, 5) is 18.6. The first-order valence-electron chi connectivity index (χ1n) is 9.86. The Kier molecular flexibility index (Phi) is 4.71. The van der Waals surface area contributed by atoms with Crippen molar-refractivity contribution in [3.05, 3.63) is 48.4 Å². The number of anilines is 2. The van der Waals surface area contributed by atoms with E-state index in [1.165, 1.54) is 5.69 Å². The van der Waals surface area contributed by atoms with E-state index in [2.05, 4.69) is 15.5 Å². The molecule has 6 nitrogen and oxygen atoms in total. The molecule has 0 aliphatic carbocycles. The molecule has 0 spiro atoms. The Balaban J connectivity index is 1.70. The van der Waals surface area contributed by atoms with Gasteiger partial charge in [-0.25, -0.2) is 4.98 Å². The fourth-order valence-electron chi connectivity index (χ4n) is 4.17. The van der Waals surface area contributed by atoms with Gasteiger partial charge >= 0.3 is 0 Å². The summed E-state index contributed by atoms with van der Waals surface area (Å²) in [5, 5.41) is 0. The number of carbonyl (C=O) groups excluding carboxylic acids is 1. The average Bonchev–Trinajstić information content (AvgIpc) is 3.09. The number of rotatable bonds is 3. The van der Waals surface area contributed by atoms with E-state index < -0.39 is 0 Å². The van der Waals surface area contributed by atoms with Crippen LogP contribution in [0.2, 0.25) is 0 Å². The lowest BCUT2D eigenvalue weighted by Crippen LogP contribution is -2.40. The summed E-state index contributed by atoms with van der Waals surface area (Å²) in [6.45, 7) is 5.52. The predicted molar refractivity (Wildman–Crippen MR) is 113 cm³/mol. The molecule has 2 aromatic heterocycles. The monoisotopic (exact) mass is 377 g/mol. The molecule has 0 unspecified atom stereocenters. The highest BCUT2D eigenvalue weighted by molar-refractivity contribution is 5.89. The van der Waals surface area contributed by atoms with E-state index in [-0.39, 0.29) is 11.8 Å². The van der Waals surface area contributed by atoms with Gasteiger partial charge in [-0.1, -0.05) is 26.0 Å². The lowest BCUT2D eigenvalue weighted by atomic mass is 9.92. The van der Waals surface area contributed by atoms with Crippen molar-refractivity contribution in [1.82, 2.24) is 14.3 Å². The van der Waals surface area contributed by atoms with Gasteiger partial charge in [-0.2, -0.15) is 0 Å². The zero-order chi connectivity index (χ0) is 19.8. The number of fused-ring (bicyclic) bond motifs is 1. The molecule has 1 aromatic carbocycles. The predicted octanol–water partition coefficient (Wildman–Crippen LogP) is 3.53. The number of piperidine rings is 1. The van der Waals surface area contributed by atoms with Gasteiger partial charge in [0.25, 0.3) is 0 Å². The van der Waals surface area contributed by atoms with Gasteiger partial charge in [-0.3, -0.25) is 4.79 Å². The van der Waals surface area contributed by atoms with Crippen molar-refractivity contribution in [2.75, 3.05) is 24.6 Å². The van der Waals surface area contributed by atoms with Crippen LogP contribution in [0.15, 0.2) is 42.7 Å². The third-order valence-corrected chi connectivity index (χ3v) is 5.68. The van der Waals surface area contributed by atoms with Crippen LogP contribution in [0.3, 0.4) is 0 Å². The Hall–Kier alpha value is -3.02. The van der Waals surface area contributed by atoms with E-state index in [0.29, 0.717) is 11.7 Å². The van der Waals surface area contributed by atoms with E-state index in [1.807, 2.05) is 49.2 Å². The topological polar surface area (TPSA) is 89.6 Å². The van der Waals surface area contributed by atoms with Crippen LogP contribution in [0.4, 0.5) is 11.5 Å². The van der Waals surface area contributed by atoms with Gasteiger partial charge < -0.3 is 20.8 Å². The highest BCUT2D eigenvalue weighted by Gasteiger charge is 2.27. The molecule has 1 aliphatic rings. The Morgan fingerprint density at radius 2 is 1.82 bits per heavy atom. The number of hydrogen-bond acceptors (Lipinski definition) is 4. The standard InChI is InChI=1S/C22H27N5O/c1-14(2)22(28)26-10-7-16(8-11-26)19-13-18(15-3-5-17(23)6-4-15)20-21(24)25-9-12-27(19)20/h3-6,9,12-14,16H,7-8,10-11,23H2,1-2H3,(H2,24,25). The molecule has 3 heterocycles. The van der Waals surface area contributed by atoms with E-state index in [4.69, 9.17) is 11.5 Å². The molecule has 1 aliphatic heterocycles. The molecule has 0 bridgehead atoms. The summed E-state index contributed by atoms with van der Waals surface area (Å²) in [5.74, 6) is 1.20. The van der Waals surface area contributed by atoms with Crippen molar-refractivity contribution < 1.29 is 4.79 Å². The molecule has 1 fully saturated rings. The molecule has 6 heteroatoms. The molecule has 28 heavy (non-hydrogen) atoms. The SMILES string of the molecule is CC(C)C(=O)N1CCC(c2cc(-c3ccc(N)cc3)c3c(N)nccn23)CC1. The van der Waals surface area contributed by atoms with Gasteiger partial charge in [-0.15, -0.1) is 0 Å². The third-order valence-electron chi connectivity index (χ3n) is 5.68. The molecule has 0 radical (unpaired) electrons. The van der Waals surface area contributed by atoms with E-state index >= 15 is 0 Å². The van der Waals surface area contributed by atoms with Crippen LogP contribution in [0.25, 0.3) is 16.6 Å². The van der Waals surface area contributed by atoms with Crippen LogP contribution in [0.1, 0.15) is 38.3 Å². The second kappa shape index (κ2) is 7.19. The minimum absolute atomic E-state index is 0.0497. The smallest absolute Gasteiger partial charge is 0.225 e. The summed E-state index contributed by atoms with van der Waals surface area (Å²) in [7, 11) is 0. The van der Waals surface area contributed by atoms with Crippen molar-refractivity contribution in [3.63, 3.8) is 0 Å². The van der Waals surface area contributed by atoms with Gasteiger partial charge in [0.05, 0.1) is 5.52 Å². The zero-order valence-corrected chi connectivity index (χ0v) is 16.4. The summed E-state index contributed by atoms with van der Waals surface area (Å²) in [6, 6.07) is 10.1. The number of carbonyl (C=O) groups is 1. The molecule has 0 atom stereocenters. The number of nitrogens with two attached hydrogens (primary N) is 2. The third kappa shape index (κ3) is 3.19. The van der Waals surface area contributed by atoms with Crippen LogP contribution >= 0.6 is 0 Å². The van der Waals surface area contributed by atoms with E-state index in [0.717, 1.165) is 48.3 Å². The highest BCUT2D eigenvalue weighted by atomic mass is 16.2. The van der Waals surface area contributed by atoms with Gasteiger partial charge in [-0.05, 0) is 36.6 Å². The maximum absolute atomic E-state index is 12.3. The second-order valence-electron chi connectivity index (χ2n) is 7.89. The minimum Gasteiger partial charge on any atom is -0.399 e. The van der Waals surface area contributed by atoms with Crippen molar-refractivity contribution >= 4 is 22.9 Å². The van der Waals surface area contributed by atoms with E-state index in [9.17, 15) is 4.79 Å². The summed E-state index contributed by atoms with van der Waals surface area (Å²) in [5.41, 5.74) is 17.2. The summed E-state index contributed by atoms with van der Waals surface area (Å²) < 4.78 is 2.17. The number of likely N-dealkylation sites (tertiary alicyclic amines) is 1. The molecule has 0 saturated carbocycles. The van der Waals surface area contributed by atoms with Crippen LogP contribution in [0.5, 0.6) is 0 Å². The Bertz CT molecular complexity index is 998. The first kappa shape index (κ1) is 18.3. The van der Waals surface area contributed by atoms with Crippen molar-refractivity contribution in [2.45, 2.75) is 32.6 Å². The lowest BCUT2D eigenvalue weighted by molar-refractivity contribution is -0.135. The zero-order valence-electron chi connectivity index (χ0n) is 16.4. The quantitative estimate of drug-likeness (QED) is 0.683. The van der Waals surface area contributed by atoms with Crippen LogP contribution < -0.4 is 11.5 Å². The van der Waals surface area contributed by atoms with Crippen LogP contribution in [-0.2, 0) is 4.79 Å². The minimum atomic E-state index is 0.0497. The molecule has 1 amide bonds. The second-order valence-corrected chi connectivity index (χ2v) is 7.89. The summed E-state index contributed by atoms with van der Waals surface area (Å²) in [6.07, 6.45) is 5.63. The largest absolute Gasteiger partial charge is 0.399 e. The maximum atomic E-state index is 12.3. The molecule has 3 aromatic rings. The van der Waals surface area contributed by atoms with Crippen LogP contribution in [-0.4, -0.2) is 33.3 Å². The van der Waals surface area contributed by atoms with E-state index in [1.54, 1.807) is 6.20 Å². The first-order valence-corrected chi connectivity index (χ1v) is 9.86. The molecule has 4 rings (SSSR count). The van der Waals surface area contributed by atoms with Crippen LogP contribution in [0, 0.1) is 5.92 Å². The number of nitrogens with zero attached hydrogens (tertiary/aromatic N) is 3. The fourth-order valence-corrected chi connectivity index (χ4v) is 4.17. The number of amides is 1. The average molecular weight is 377 g/mol. The molecule has 4 N–H and O–H groups in total. The Morgan fingerprint density at radius 3 is 2.46 bits per heavy atom. The summed E-state index contributed by atoms with van der Waals surface area (Å²) >= 11 is 0. The maximum Gasteiger partial charge on any atom is 0.225 e. The number of nitrogen functional groups attached to an aromatic ring is 2. The fraction of sp³-hybridized carbons (Fsp3) is 0.364. The Morgan fingerprint density at radius 1 is 1.14 bits per heavy atom. The lowest BCUT2D eigenvalue weighted by Gasteiger charge is -2.33. The molecule has 146 valence electrons. The number of benzene rings is 1. The number of hydrogen-bond donors (Lipinski definition) is 2. The van der Waals surface area contributed by atoms with Crippen molar-refractivity contribution in [2.24, 2.45) is 5.92 Å². The van der Waals surface area contributed by atoms with Gasteiger partial charge in [0, 0.05) is 54.3 Å². The number of aromatic nitrogens is 2. The van der Waals surface area contributed by atoms with Gasteiger partial charge in [0.2, 0.25) is 5.91 Å². The highest BCUT2D eigenvalue weighted by Crippen LogP contribution is 2.37. The van der Waals surface area contributed by atoms with Gasteiger partial charge in [0.15, 0.2) is 0 Å². The molecular formula is C22H27N5O.